The van der Waals surface area contributed by atoms with E-state index in [1.54, 1.807) is 19.3 Å². The van der Waals surface area contributed by atoms with Crippen LogP contribution in [-0.2, 0) is 0 Å². The molecule has 96 valence electrons. The van der Waals surface area contributed by atoms with Crippen molar-refractivity contribution in [2.45, 2.75) is 20.1 Å². The summed E-state index contributed by atoms with van der Waals surface area (Å²) in [5, 5.41) is 13.2. The van der Waals surface area contributed by atoms with Crippen molar-refractivity contribution in [3.05, 3.63) is 53.6 Å². The van der Waals surface area contributed by atoms with Gasteiger partial charge in [-0.1, -0.05) is 29.8 Å². The molecule has 0 aliphatic heterocycles. The lowest BCUT2D eigenvalue weighted by atomic mass is 10.1. The van der Waals surface area contributed by atoms with E-state index >= 15 is 0 Å². The van der Waals surface area contributed by atoms with Gasteiger partial charge < -0.3 is 10.4 Å². The summed E-state index contributed by atoms with van der Waals surface area (Å²) in [7, 11) is 1.69. The minimum atomic E-state index is -0.789. The number of aliphatic hydroxyl groups excluding tert-OH is 1. The molecule has 0 saturated heterocycles. The number of aryl methyl sites for hydroxylation is 1. The third kappa shape index (κ3) is 4.18. The maximum absolute atomic E-state index is 10.1. The largest absolute Gasteiger partial charge is 0.369 e. The molecule has 1 atom stereocenters. The number of aliphatic imine (C=N–C) groups is 1. The van der Waals surface area contributed by atoms with Gasteiger partial charge in [0, 0.05) is 24.5 Å². The molecule has 3 nitrogen and oxygen atoms in total. The number of hydrogen-bond acceptors (Lipinski definition) is 3. The molecule has 0 radical (unpaired) electrons. The van der Waals surface area contributed by atoms with Crippen LogP contribution in [0.1, 0.15) is 12.5 Å². The van der Waals surface area contributed by atoms with E-state index < -0.39 is 6.23 Å². The van der Waals surface area contributed by atoms with E-state index in [2.05, 4.69) is 16.9 Å². The normalized spacial score (nSPS) is 13.7. The molecule has 0 aliphatic rings. The highest BCUT2D eigenvalue weighted by atomic mass is 16.3. The van der Waals surface area contributed by atoms with Crippen molar-refractivity contribution in [3.8, 4) is 0 Å². The zero-order valence-corrected chi connectivity index (χ0v) is 11.1. The molecule has 1 aromatic carbocycles. The molecule has 2 N–H and O–H groups in total. The number of benzene rings is 1. The lowest BCUT2D eigenvalue weighted by Gasteiger charge is -2.17. The first-order valence-electron chi connectivity index (χ1n) is 5.84. The molecule has 0 fully saturated rings. The molecular weight excluding hydrogens is 224 g/mol. The molecule has 1 unspecified atom stereocenters. The number of aliphatic hydroxyl groups is 1. The summed E-state index contributed by atoms with van der Waals surface area (Å²) in [4.78, 5) is 3.88. The molecule has 1 rings (SSSR count). The fourth-order valence-electron chi connectivity index (χ4n) is 1.51. The van der Waals surface area contributed by atoms with Crippen molar-refractivity contribution in [3.63, 3.8) is 0 Å². The second kappa shape index (κ2) is 6.77. The molecule has 0 amide bonds. The summed E-state index contributed by atoms with van der Waals surface area (Å²) in [6, 6.07) is 7.85. The van der Waals surface area contributed by atoms with Crippen molar-refractivity contribution in [1.29, 1.82) is 0 Å². The summed E-state index contributed by atoms with van der Waals surface area (Å²) in [6.45, 7) is 7.74. The third-order valence-electron chi connectivity index (χ3n) is 2.55. The van der Waals surface area contributed by atoms with Gasteiger partial charge in [0.15, 0.2) is 6.23 Å². The predicted octanol–water partition coefficient (Wildman–Crippen LogP) is 2.93. The van der Waals surface area contributed by atoms with Crippen LogP contribution in [-0.4, -0.2) is 24.6 Å². The number of hydrogen-bond donors (Lipinski definition) is 2. The van der Waals surface area contributed by atoms with Gasteiger partial charge in [-0.2, -0.15) is 0 Å². The lowest BCUT2D eigenvalue weighted by molar-refractivity contribution is 0.242. The SMILES string of the molecule is C=C(C)/C(=C\C=NC)C(O)Nc1ccc(C)cc1. The van der Waals surface area contributed by atoms with Gasteiger partial charge in [0.25, 0.3) is 0 Å². The van der Waals surface area contributed by atoms with Crippen LogP contribution in [0, 0.1) is 6.92 Å². The van der Waals surface area contributed by atoms with Crippen molar-refractivity contribution >= 4 is 11.9 Å². The van der Waals surface area contributed by atoms with Crippen LogP contribution in [0.5, 0.6) is 0 Å². The Bertz CT molecular complexity index is 458. The highest BCUT2D eigenvalue weighted by Crippen LogP contribution is 2.16. The molecule has 3 heteroatoms. The molecule has 1 aromatic rings. The van der Waals surface area contributed by atoms with E-state index in [1.807, 2.05) is 38.1 Å². The molecule has 0 bridgehead atoms. The van der Waals surface area contributed by atoms with Crippen LogP contribution in [0.4, 0.5) is 5.69 Å². The average Bonchev–Trinajstić information content (AvgIpc) is 2.32. The summed E-state index contributed by atoms with van der Waals surface area (Å²) in [6.07, 6.45) is 2.61. The zero-order valence-electron chi connectivity index (χ0n) is 11.1. The molecule has 0 heterocycles. The van der Waals surface area contributed by atoms with E-state index in [-0.39, 0.29) is 0 Å². The van der Waals surface area contributed by atoms with Crippen LogP contribution in [0.2, 0.25) is 0 Å². The maximum Gasteiger partial charge on any atom is 0.151 e. The Balaban J connectivity index is 2.82. The average molecular weight is 244 g/mol. The molecule has 0 aromatic heterocycles. The number of allylic oxidation sites excluding steroid dienone is 1. The van der Waals surface area contributed by atoms with Gasteiger partial charge in [-0.05, 0) is 32.1 Å². The van der Waals surface area contributed by atoms with Gasteiger partial charge >= 0.3 is 0 Å². The van der Waals surface area contributed by atoms with Gasteiger partial charge in [0.05, 0.1) is 0 Å². The topological polar surface area (TPSA) is 44.6 Å². The fourth-order valence-corrected chi connectivity index (χ4v) is 1.51. The smallest absolute Gasteiger partial charge is 0.151 e. The number of rotatable bonds is 5. The molecule has 0 spiro atoms. The minimum absolute atomic E-state index is 0.723. The summed E-state index contributed by atoms with van der Waals surface area (Å²) in [5.41, 5.74) is 3.58. The van der Waals surface area contributed by atoms with E-state index in [9.17, 15) is 5.11 Å². The Kier molecular flexibility index (Phi) is 5.33. The second-order valence-corrected chi connectivity index (χ2v) is 4.22. The second-order valence-electron chi connectivity index (χ2n) is 4.22. The number of anilines is 1. The van der Waals surface area contributed by atoms with Crippen LogP contribution in [0.3, 0.4) is 0 Å². The quantitative estimate of drug-likeness (QED) is 0.475. The Hall–Kier alpha value is -1.87. The molecular formula is C15H20N2O. The van der Waals surface area contributed by atoms with Crippen LogP contribution in [0.25, 0.3) is 0 Å². The Morgan fingerprint density at radius 2 is 2.00 bits per heavy atom. The first kappa shape index (κ1) is 14.2. The zero-order chi connectivity index (χ0) is 13.5. The van der Waals surface area contributed by atoms with Gasteiger partial charge in [-0.15, -0.1) is 0 Å². The van der Waals surface area contributed by atoms with Gasteiger partial charge in [-0.3, -0.25) is 4.99 Å². The Morgan fingerprint density at radius 1 is 1.39 bits per heavy atom. The van der Waals surface area contributed by atoms with Crippen molar-refractivity contribution in [2.75, 3.05) is 12.4 Å². The first-order valence-corrected chi connectivity index (χ1v) is 5.84. The standard InChI is InChI=1S/C15H20N2O/c1-11(2)14(9-10-16-4)15(18)17-13-7-5-12(3)6-8-13/h5-10,15,17-18H,1H2,2-4H3/b14-9+,16-10?. The van der Waals surface area contributed by atoms with E-state index in [0.717, 1.165) is 16.8 Å². The van der Waals surface area contributed by atoms with E-state index in [0.29, 0.717) is 0 Å². The monoisotopic (exact) mass is 244 g/mol. The fraction of sp³-hybridized carbons (Fsp3) is 0.267. The minimum Gasteiger partial charge on any atom is -0.369 e. The van der Waals surface area contributed by atoms with Crippen LogP contribution in [0.15, 0.2) is 53.1 Å². The van der Waals surface area contributed by atoms with Crippen LogP contribution >= 0.6 is 0 Å². The van der Waals surface area contributed by atoms with Gasteiger partial charge in [-0.25, -0.2) is 0 Å². The lowest BCUT2D eigenvalue weighted by Crippen LogP contribution is -2.22. The van der Waals surface area contributed by atoms with Gasteiger partial charge in [0.2, 0.25) is 0 Å². The van der Waals surface area contributed by atoms with E-state index in [1.165, 1.54) is 5.56 Å². The van der Waals surface area contributed by atoms with Crippen molar-refractivity contribution in [1.82, 2.24) is 0 Å². The van der Waals surface area contributed by atoms with Crippen molar-refractivity contribution in [2.24, 2.45) is 4.99 Å². The predicted molar refractivity (Wildman–Crippen MR) is 78.1 cm³/mol. The summed E-state index contributed by atoms with van der Waals surface area (Å²) < 4.78 is 0. The van der Waals surface area contributed by atoms with Gasteiger partial charge in [0.1, 0.15) is 0 Å². The number of nitrogens with one attached hydrogen (secondary N) is 1. The first-order chi connectivity index (χ1) is 8.54. The Morgan fingerprint density at radius 3 is 2.50 bits per heavy atom. The van der Waals surface area contributed by atoms with Crippen molar-refractivity contribution < 1.29 is 5.11 Å². The van der Waals surface area contributed by atoms with Crippen LogP contribution < -0.4 is 5.32 Å². The third-order valence-corrected chi connectivity index (χ3v) is 2.55. The Labute approximate surface area is 109 Å². The highest BCUT2D eigenvalue weighted by Gasteiger charge is 2.10. The van der Waals surface area contributed by atoms with E-state index in [4.69, 9.17) is 0 Å². The highest BCUT2D eigenvalue weighted by molar-refractivity contribution is 5.74. The molecule has 0 aliphatic carbocycles. The maximum atomic E-state index is 10.1. The molecule has 0 saturated carbocycles. The summed E-state index contributed by atoms with van der Waals surface area (Å²) in [5.74, 6) is 0. The molecule has 18 heavy (non-hydrogen) atoms. The number of nitrogens with zero attached hydrogens (tertiary/aromatic N) is 1. The summed E-state index contributed by atoms with van der Waals surface area (Å²) >= 11 is 0.